The lowest BCUT2D eigenvalue weighted by atomic mass is 9.52. The van der Waals surface area contributed by atoms with E-state index in [1.807, 2.05) is 13.8 Å². The van der Waals surface area contributed by atoms with E-state index in [0.29, 0.717) is 5.41 Å². The highest BCUT2D eigenvalue weighted by atomic mass is 16.1. The van der Waals surface area contributed by atoms with Crippen LogP contribution in [0.25, 0.3) is 0 Å². The first kappa shape index (κ1) is 17.7. The summed E-state index contributed by atoms with van der Waals surface area (Å²) in [5, 5.41) is 0. The molecule has 20 heavy (non-hydrogen) atoms. The summed E-state index contributed by atoms with van der Waals surface area (Å²) in [6.07, 6.45) is 8.59. The Bertz CT molecular complexity index is 294. The molecule has 0 bridgehead atoms. The molecule has 2 fully saturated rings. The summed E-state index contributed by atoms with van der Waals surface area (Å²) in [7, 11) is 0. The number of hydrogen-bond acceptors (Lipinski definition) is 1. The normalized spacial score (nSPS) is 39.2. The largest absolute Gasteiger partial charge is 0.303 e. The highest BCUT2D eigenvalue weighted by Gasteiger charge is 2.47. The Labute approximate surface area is 126 Å². The Hall–Kier alpha value is -0.330. The van der Waals surface area contributed by atoms with Crippen molar-refractivity contribution in [1.29, 1.82) is 0 Å². The van der Waals surface area contributed by atoms with Gasteiger partial charge in [-0.05, 0) is 60.7 Å². The van der Waals surface area contributed by atoms with Gasteiger partial charge in [-0.1, -0.05) is 48.0 Å². The van der Waals surface area contributed by atoms with E-state index in [1.165, 1.54) is 25.7 Å². The molecular weight excluding hydrogens is 244 g/mol. The molecule has 0 aliphatic heterocycles. The SMILES string of the molecule is CC.CC1CCC2C(CCC(C)(C)C2CCC=O)C1C. The van der Waals surface area contributed by atoms with Crippen LogP contribution in [-0.2, 0) is 4.79 Å². The van der Waals surface area contributed by atoms with Gasteiger partial charge in [0.05, 0.1) is 0 Å². The molecule has 0 radical (unpaired) electrons. The van der Waals surface area contributed by atoms with Crippen LogP contribution in [0.15, 0.2) is 0 Å². The second kappa shape index (κ2) is 7.61. The molecule has 2 rings (SSSR count). The fourth-order valence-electron chi connectivity index (χ4n) is 4.88. The van der Waals surface area contributed by atoms with Crippen molar-refractivity contribution in [2.24, 2.45) is 35.0 Å². The molecule has 0 aromatic carbocycles. The average molecular weight is 280 g/mol. The maximum Gasteiger partial charge on any atom is 0.120 e. The summed E-state index contributed by atoms with van der Waals surface area (Å²) in [6.45, 7) is 13.8. The first-order chi connectivity index (χ1) is 9.47. The zero-order valence-corrected chi connectivity index (χ0v) is 14.6. The minimum absolute atomic E-state index is 0.449. The minimum Gasteiger partial charge on any atom is -0.303 e. The molecule has 1 heteroatoms. The van der Waals surface area contributed by atoms with Gasteiger partial charge in [0.1, 0.15) is 6.29 Å². The second-order valence-electron chi connectivity index (χ2n) is 7.62. The predicted molar refractivity (Wildman–Crippen MR) is 87.7 cm³/mol. The molecule has 1 nitrogen and oxygen atoms in total. The summed E-state index contributed by atoms with van der Waals surface area (Å²) in [4.78, 5) is 10.7. The van der Waals surface area contributed by atoms with Gasteiger partial charge in [0.25, 0.3) is 0 Å². The molecule has 0 aromatic heterocycles. The van der Waals surface area contributed by atoms with E-state index in [0.717, 1.165) is 48.7 Å². The number of carbonyl (C=O) groups excluding carboxylic acids is 1. The molecule has 5 atom stereocenters. The summed E-state index contributed by atoms with van der Waals surface area (Å²) in [5.41, 5.74) is 0.449. The number of carbonyl (C=O) groups is 1. The monoisotopic (exact) mass is 280 g/mol. The highest BCUT2D eigenvalue weighted by Crippen LogP contribution is 2.55. The first-order valence-electron chi connectivity index (χ1n) is 8.91. The highest BCUT2D eigenvalue weighted by molar-refractivity contribution is 5.49. The molecule has 2 saturated carbocycles. The Balaban J connectivity index is 0.000000956. The first-order valence-corrected chi connectivity index (χ1v) is 8.91. The fraction of sp³-hybridized carbons (Fsp3) is 0.947. The number of fused-ring (bicyclic) bond motifs is 1. The third-order valence-corrected chi connectivity index (χ3v) is 6.32. The minimum atomic E-state index is 0.449. The fourth-order valence-corrected chi connectivity index (χ4v) is 4.88. The van der Waals surface area contributed by atoms with Crippen molar-refractivity contribution >= 4 is 6.29 Å². The van der Waals surface area contributed by atoms with E-state index in [-0.39, 0.29) is 0 Å². The molecule has 118 valence electrons. The van der Waals surface area contributed by atoms with Crippen LogP contribution < -0.4 is 0 Å². The third-order valence-electron chi connectivity index (χ3n) is 6.32. The van der Waals surface area contributed by atoms with E-state index in [9.17, 15) is 4.79 Å². The smallest absolute Gasteiger partial charge is 0.120 e. The lowest BCUT2D eigenvalue weighted by molar-refractivity contribution is -0.109. The van der Waals surface area contributed by atoms with Crippen molar-refractivity contribution in [2.45, 2.75) is 80.1 Å². The van der Waals surface area contributed by atoms with Crippen LogP contribution in [0.4, 0.5) is 0 Å². The van der Waals surface area contributed by atoms with Crippen LogP contribution in [0.3, 0.4) is 0 Å². The molecule has 2 aliphatic rings. The van der Waals surface area contributed by atoms with Crippen molar-refractivity contribution in [3.63, 3.8) is 0 Å². The van der Waals surface area contributed by atoms with Crippen molar-refractivity contribution in [3.05, 3.63) is 0 Å². The van der Waals surface area contributed by atoms with Gasteiger partial charge in [0.2, 0.25) is 0 Å². The van der Waals surface area contributed by atoms with E-state index in [2.05, 4.69) is 27.7 Å². The summed E-state index contributed by atoms with van der Waals surface area (Å²) < 4.78 is 0. The molecular formula is C19H36O. The Kier molecular flexibility index (Phi) is 6.75. The van der Waals surface area contributed by atoms with Crippen LogP contribution in [0.1, 0.15) is 80.1 Å². The van der Waals surface area contributed by atoms with E-state index in [1.54, 1.807) is 0 Å². The molecule has 5 unspecified atom stereocenters. The van der Waals surface area contributed by atoms with Crippen LogP contribution >= 0.6 is 0 Å². The topological polar surface area (TPSA) is 17.1 Å². The van der Waals surface area contributed by atoms with Gasteiger partial charge in [-0.3, -0.25) is 0 Å². The van der Waals surface area contributed by atoms with Crippen LogP contribution in [0.5, 0.6) is 0 Å². The van der Waals surface area contributed by atoms with Gasteiger partial charge >= 0.3 is 0 Å². The maximum absolute atomic E-state index is 10.7. The van der Waals surface area contributed by atoms with Crippen LogP contribution in [-0.4, -0.2) is 6.29 Å². The summed E-state index contributed by atoms with van der Waals surface area (Å²) in [5.74, 6) is 4.38. The molecule has 0 amide bonds. The zero-order chi connectivity index (χ0) is 15.3. The number of rotatable bonds is 3. The van der Waals surface area contributed by atoms with Crippen LogP contribution in [0.2, 0.25) is 0 Å². The molecule has 0 aromatic rings. The molecule has 0 spiro atoms. The van der Waals surface area contributed by atoms with Gasteiger partial charge in [0.15, 0.2) is 0 Å². The molecule has 0 N–H and O–H groups in total. The van der Waals surface area contributed by atoms with E-state index < -0.39 is 0 Å². The van der Waals surface area contributed by atoms with Gasteiger partial charge < -0.3 is 4.79 Å². The van der Waals surface area contributed by atoms with Gasteiger partial charge in [-0.25, -0.2) is 0 Å². The molecule has 2 aliphatic carbocycles. The maximum atomic E-state index is 10.7. The van der Waals surface area contributed by atoms with E-state index in [4.69, 9.17) is 0 Å². The van der Waals surface area contributed by atoms with Gasteiger partial charge in [0, 0.05) is 6.42 Å². The third kappa shape index (κ3) is 3.65. The van der Waals surface area contributed by atoms with Crippen molar-refractivity contribution in [1.82, 2.24) is 0 Å². The summed E-state index contributed by atoms with van der Waals surface area (Å²) >= 11 is 0. The van der Waals surface area contributed by atoms with Crippen molar-refractivity contribution < 1.29 is 4.79 Å². The Morgan fingerprint density at radius 2 is 1.70 bits per heavy atom. The van der Waals surface area contributed by atoms with Gasteiger partial charge in [-0.15, -0.1) is 0 Å². The van der Waals surface area contributed by atoms with Gasteiger partial charge in [-0.2, -0.15) is 0 Å². The van der Waals surface area contributed by atoms with Crippen LogP contribution in [0, 0.1) is 35.0 Å². The average Bonchev–Trinajstić information content (AvgIpc) is 2.43. The van der Waals surface area contributed by atoms with Crippen molar-refractivity contribution in [2.75, 3.05) is 0 Å². The zero-order valence-electron chi connectivity index (χ0n) is 14.6. The molecule has 0 heterocycles. The molecule has 0 saturated heterocycles. The quantitative estimate of drug-likeness (QED) is 0.604. The van der Waals surface area contributed by atoms with E-state index >= 15 is 0 Å². The Morgan fingerprint density at radius 1 is 1.05 bits per heavy atom. The second-order valence-corrected chi connectivity index (χ2v) is 7.62. The van der Waals surface area contributed by atoms with Crippen molar-refractivity contribution in [3.8, 4) is 0 Å². The number of hydrogen-bond donors (Lipinski definition) is 0. The number of aldehydes is 1. The standard InChI is InChI=1S/C17H30O.C2H6/c1-12-7-8-15-14(13(12)2)9-10-17(3,4)16(15)6-5-11-18;1-2/h11-16H,5-10H2,1-4H3;1-2H3. The predicted octanol–water partition coefficient (Wildman–Crippen LogP) is 5.73. The lowest BCUT2D eigenvalue weighted by Crippen LogP contribution is -2.45. The summed E-state index contributed by atoms with van der Waals surface area (Å²) in [6, 6.07) is 0. The Morgan fingerprint density at radius 3 is 2.30 bits per heavy atom. The lowest BCUT2D eigenvalue weighted by Gasteiger charge is -2.53.